The predicted octanol–water partition coefficient (Wildman–Crippen LogP) is 2.33. The zero-order valence-electron chi connectivity index (χ0n) is 13.0. The van der Waals surface area contributed by atoms with E-state index in [0.717, 1.165) is 36.6 Å². The molecule has 0 aliphatic carbocycles. The maximum atomic E-state index is 12.2. The molecule has 0 bridgehead atoms. The maximum Gasteiger partial charge on any atom is 0.317 e. The van der Waals surface area contributed by atoms with Gasteiger partial charge in [0.25, 0.3) is 0 Å². The van der Waals surface area contributed by atoms with Crippen molar-refractivity contribution in [1.29, 1.82) is 0 Å². The fourth-order valence-corrected chi connectivity index (χ4v) is 3.07. The van der Waals surface area contributed by atoms with Crippen LogP contribution in [-0.4, -0.2) is 54.9 Å². The van der Waals surface area contributed by atoms with Crippen molar-refractivity contribution in [2.24, 2.45) is 0 Å². The molecule has 0 radical (unpaired) electrons. The standard InChI is InChI=1S/C16H24ClN3O2/c1-2-19(10-11-21)16(22)18-13-6-5-9-20(12-13)15-8-4-3-7-14(15)17/h3-4,7-8,13,21H,2,5-6,9-12H2,1H3,(H,18,22). The smallest absolute Gasteiger partial charge is 0.317 e. The SMILES string of the molecule is CCN(CCO)C(=O)NC1CCCN(c2ccccc2Cl)C1. The van der Waals surface area contributed by atoms with Gasteiger partial charge in [-0.25, -0.2) is 4.79 Å². The highest BCUT2D eigenvalue weighted by Gasteiger charge is 2.24. The molecule has 6 heteroatoms. The second-order valence-electron chi connectivity index (χ2n) is 5.49. The van der Waals surface area contributed by atoms with Gasteiger partial charge >= 0.3 is 6.03 Å². The van der Waals surface area contributed by atoms with Gasteiger partial charge in [-0.1, -0.05) is 23.7 Å². The average Bonchev–Trinajstić information content (AvgIpc) is 2.53. The lowest BCUT2D eigenvalue weighted by molar-refractivity contribution is 0.176. The molecule has 22 heavy (non-hydrogen) atoms. The number of nitrogens with zero attached hydrogens (tertiary/aromatic N) is 2. The quantitative estimate of drug-likeness (QED) is 0.873. The van der Waals surface area contributed by atoms with Crippen molar-refractivity contribution in [2.75, 3.05) is 37.7 Å². The number of hydrogen-bond donors (Lipinski definition) is 2. The van der Waals surface area contributed by atoms with Gasteiger partial charge in [0.15, 0.2) is 0 Å². The molecule has 1 aliphatic heterocycles. The van der Waals surface area contributed by atoms with E-state index in [1.54, 1.807) is 4.90 Å². The first-order valence-electron chi connectivity index (χ1n) is 7.81. The molecule has 2 N–H and O–H groups in total. The number of rotatable bonds is 5. The Labute approximate surface area is 136 Å². The number of urea groups is 1. The minimum Gasteiger partial charge on any atom is -0.395 e. The van der Waals surface area contributed by atoms with Crippen LogP contribution in [0.2, 0.25) is 5.02 Å². The van der Waals surface area contributed by atoms with E-state index in [-0.39, 0.29) is 18.7 Å². The zero-order valence-corrected chi connectivity index (χ0v) is 13.7. The van der Waals surface area contributed by atoms with E-state index in [1.165, 1.54) is 0 Å². The second-order valence-corrected chi connectivity index (χ2v) is 5.90. The Morgan fingerprint density at radius 3 is 2.95 bits per heavy atom. The van der Waals surface area contributed by atoms with E-state index in [0.29, 0.717) is 13.1 Å². The van der Waals surface area contributed by atoms with Crippen molar-refractivity contribution in [3.8, 4) is 0 Å². The van der Waals surface area contributed by atoms with E-state index in [1.807, 2.05) is 31.2 Å². The van der Waals surface area contributed by atoms with Crippen LogP contribution >= 0.6 is 11.6 Å². The number of likely N-dealkylation sites (N-methyl/N-ethyl adjacent to an activating group) is 1. The lowest BCUT2D eigenvalue weighted by atomic mass is 10.0. The molecule has 0 spiro atoms. The summed E-state index contributed by atoms with van der Waals surface area (Å²) in [7, 11) is 0. The first kappa shape index (κ1) is 16.9. The van der Waals surface area contributed by atoms with E-state index >= 15 is 0 Å². The number of carbonyl (C=O) groups is 1. The van der Waals surface area contributed by atoms with Crippen LogP contribution in [0.5, 0.6) is 0 Å². The molecule has 5 nitrogen and oxygen atoms in total. The first-order valence-corrected chi connectivity index (χ1v) is 8.19. The summed E-state index contributed by atoms with van der Waals surface area (Å²) in [5, 5.41) is 12.8. The highest BCUT2D eigenvalue weighted by atomic mass is 35.5. The largest absolute Gasteiger partial charge is 0.395 e. The average molecular weight is 326 g/mol. The summed E-state index contributed by atoms with van der Waals surface area (Å²) in [4.78, 5) is 16.0. The van der Waals surface area contributed by atoms with Crippen LogP contribution in [0.15, 0.2) is 24.3 Å². The van der Waals surface area contributed by atoms with E-state index < -0.39 is 0 Å². The number of benzene rings is 1. The number of aliphatic hydroxyl groups excluding tert-OH is 1. The number of para-hydroxylation sites is 1. The van der Waals surface area contributed by atoms with Gasteiger partial charge in [0.05, 0.1) is 17.3 Å². The fourth-order valence-electron chi connectivity index (χ4n) is 2.81. The molecule has 1 saturated heterocycles. The Morgan fingerprint density at radius 2 is 2.27 bits per heavy atom. The van der Waals surface area contributed by atoms with Crippen molar-refractivity contribution >= 4 is 23.3 Å². The molecule has 1 aromatic rings. The third-order valence-electron chi connectivity index (χ3n) is 3.98. The summed E-state index contributed by atoms with van der Waals surface area (Å²) >= 11 is 6.26. The van der Waals surface area contributed by atoms with Crippen LogP contribution in [0.3, 0.4) is 0 Å². The molecule has 1 atom stereocenters. The molecule has 0 saturated carbocycles. The third kappa shape index (κ3) is 4.27. The Kier molecular flexibility index (Phi) is 6.34. The summed E-state index contributed by atoms with van der Waals surface area (Å²) in [6, 6.07) is 7.79. The van der Waals surface area contributed by atoms with Gasteiger partial charge in [0.1, 0.15) is 0 Å². The summed E-state index contributed by atoms with van der Waals surface area (Å²) < 4.78 is 0. The number of nitrogens with one attached hydrogen (secondary N) is 1. The van der Waals surface area contributed by atoms with Crippen LogP contribution in [0.1, 0.15) is 19.8 Å². The number of piperidine rings is 1. The van der Waals surface area contributed by atoms with Crippen molar-refractivity contribution < 1.29 is 9.90 Å². The van der Waals surface area contributed by atoms with Gasteiger partial charge < -0.3 is 20.2 Å². The minimum atomic E-state index is -0.109. The molecule has 122 valence electrons. The Bertz CT molecular complexity index is 498. The molecular weight excluding hydrogens is 302 g/mol. The fraction of sp³-hybridized carbons (Fsp3) is 0.562. The molecule has 1 aliphatic rings. The number of halogens is 1. The van der Waals surface area contributed by atoms with Crippen molar-refractivity contribution in [2.45, 2.75) is 25.8 Å². The molecule has 1 heterocycles. The van der Waals surface area contributed by atoms with Gasteiger partial charge in [-0.2, -0.15) is 0 Å². The molecule has 2 amide bonds. The molecule has 1 unspecified atom stereocenters. The Hall–Kier alpha value is -1.46. The van der Waals surface area contributed by atoms with Gasteiger partial charge in [0.2, 0.25) is 0 Å². The molecule has 2 rings (SSSR count). The summed E-state index contributed by atoms with van der Waals surface area (Å²) in [5.74, 6) is 0. The van der Waals surface area contributed by atoms with Crippen LogP contribution in [0, 0.1) is 0 Å². The molecule has 0 aromatic heterocycles. The highest BCUT2D eigenvalue weighted by molar-refractivity contribution is 6.33. The number of amides is 2. The monoisotopic (exact) mass is 325 g/mol. The number of aliphatic hydroxyl groups is 1. The van der Waals surface area contributed by atoms with Gasteiger partial charge in [-0.3, -0.25) is 0 Å². The van der Waals surface area contributed by atoms with Gasteiger partial charge in [-0.15, -0.1) is 0 Å². The summed E-state index contributed by atoms with van der Waals surface area (Å²) in [6.45, 7) is 4.55. The maximum absolute atomic E-state index is 12.2. The second kappa shape index (κ2) is 8.25. The zero-order chi connectivity index (χ0) is 15.9. The van der Waals surface area contributed by atoms with E-state index in [4.69, 9.17) is 16.7 Å². The number of carbonyl (C=O) groups excluding carboxylic acids is 1. The van der Waals surface area contributed by atoms with Crippen molar-refractivity contribution in [3.05, 3.63) is 29.3 Å². The molecule has 1 aromatic carbocycles. The van der Waals surface area contributed by atoms with Crippen LogP contribution in [-0.2, 0) is 0 Å². The van der Waals surface area contributed by atoms with Crippen molar-refractivity contribution in [1.82, 2.24) is 10.2 Å². The topological polar surface area (TPSA) is 55.8 Å². The molecule has 1 fully saturated rings. The van der Waals surface area contributed by atoms with Crippen molar-refractivity contribution in [3.63, 3.8) is 0 Å². The number of hydrogen-bond acceptors (Lipinski definition) is 3. The highest BCUT2D eigenvalue weighted by Crippen LogP contribution is 2.27. The van der Waals surface area contributed by atoms with Gasteiger partial charge in [-0.05, 0) is 31.9 Å². The van der Waals surface area contributed by atoms with Crippen LogP contribution < -0.4 is 10.2 Å². The minimum absolute atomic E-state index is 0.0162. The third-order valence-corrected chi connectivity index (χ3v) is 4.30. The Morgan fingerprint density at radius 1 is 1.50 bits per heavy atom. The normalized spacial score (nSPS) is 18.1. The lowest BCUT2D eigenvalue weighted by Crippen LogP contribution is -2.52. The summed E-state index contributed by atoms with van der Waals surface area (Å²) in [6.07, 6.45) is 1.98. The predicted molar refractivity (Wildman–Crippen MR) is 89.6 cm³/mol. The van der Waals surface area contributed by atoms with Crippen LogP contribution in [0.25, 0.3) is 0 Å². The summed E-state index contributed by atoms with van der Waals surface area (Å²) in [5.41, 5.74) is 1.02. The molecular formula is C16H24ClN3O2. The van der Waals surface area contributed by atoms with E-state index in [9.17, 15) is 4.79 Å². The number of anilines is 1. The first-order chi connectivity index (χ1) is 10.7. The van der Waals surface area contributed by atoms with Gasteiger partial charge in [0, 0.05) is 32.2 Å². The van der Waals surface area contributed by atoms with E-state index in [2.05, 4.69) is 10.2 Å². The lowest BCUT2D eigenvalue weighted by Gasteiger charge is -2.36. The van der Waals surface area contributed by atoms with Crippen LogP contribution in [0.4, 0.5) is 10.5 Å². The Balaban J connectivity index is 1.96.